The second-order valence-corrected chi connectivity index (χ2v) is 9.97. The van der Waals surface area contributed by atoms with Crippen molar-refractivity contribution in [2.24, 2.45) is 5.92 Å². The van der Waals surface area contributed by atoms with Gasteiger partial charge in [-0.05, 0) is 44.1 Å². The van der Waals surface area contributed by atoms with Crippen molar-refractivity contribution < 1.29 is 9.59 Å². The molecule has 2 amide bonds. The predicted molar refractivity (Wildman–Crippen MR) is 128 cm³/mol. The third kappa shape index (κ3) is 4.80. The molecule has 1 aromatic heterocycles. The molecule has 2 aromatic rings. The number of hydrogen-bond acceptors (Lipinski definition) is 4. The van der Waals surface area contributed by atoms with E-state index in [1.165, 1.54) is 37.7 Å². The first kappa shape index (κ1) is 22.1. The Labute approximate surface area is 196 Å². The number of aromatic nitrogens is 2. The first-order valence-corrected chi connectivity index (χ1v) is 12.6. The number of carbonyl (C=O) groups is 2. The monoisotopic (exact) mass is 446 g/mol. The smallest absolute Gasteiger partial charge is 0.232 e. The SMILES string of the molecule is Cc1nc(C2CCN(C(=O)CCc3ccccc3)C2)nc2c1CC(=O)N2CC1CCCCC1. The molecule has 1 atom stereocenters. The summed E-state index contributed by atoms with van der Waals surface area (Å²) in [5.41, 5.74) is 3.11. The van der Waals surface area contributed by atoms with Gasteiger partial charge >= 0.3 is 0 Å². The molecule has 1 aromatic carbocycles. The van der Waals surface area contributed by atoms with Crippen LogP contribution >= 0.6 is 0 Å². The molecule has 174 valence electrons. The van der Waals surface area contributed by atoms with Crippen molar-refractivity contribution in [1.82, 2.24) is 14.9 Å². The number of nitrogens with zero attached hydrogens (tertiary/aromatic N) is 4. The maximum Gasteiger partial charge on any atom is 0.232 e. The zero-order valence-electron chi connectivity index (χ0n) is 19.6. The van der Waals surface area contributed by atoms with Crippen LogP contribution in [-0.2, 0) is 22.4 Å². The third-order valence-corrected chi connectivity index (χ3v) is 7.64. The van der Waals surface area contributed by atoms with Crippen LogP contribution in [0.1, 0.15) is 73.5 Å². The van der Waals surface area contributed by atoms with E-state index in [1.807, 2.05) is 34.9 Å². The standard InChI is InChI=1S/C27H34N4O2/c1-19-23-16-25(33)31(17-21-10-6-3-7-11-21)27(23)29-26(28-19)22-14-15-30(18-22)24(32)13-12-20-8-4-2-5-9-20/h2,4-5,8-9,21-22H,3,6-7,10-18H2,1H3. The molecule has 0 radical (unpaired) electrons. The second kappa shape index (κ2) is 9.62. The summed E-state index contributed by atoms with van der Waals surface area (Å²) in [5.74, 6) is 2.72. The summed E-state index contributed by atoms with van der Waals surface area (Å²) in [4.78, 5) is 39.3. The molecule has 1 saturated carbocycles. The minimum absolute atomic E-state index is 0.141. The van der Waals surface area contributed by atoms with Gasteiger partial charge < -0.3 is 4.90 Å². The van der Waals surface area contributed by atoms with Gasteiger partial charge in [0.25, 0.3) is 0 Å². The minimum atomic E-state index is 0.141. The van der Waals surface area contributed by atoms with Crippen LogP contribution in [0.3, 0.4) is 0 Å². The van der Waals surface area contributed by atoms with Crippen LogP contribution < -0.4 is 4.90 Å². The zero-order chi connectivity index (χ0) is 22.8. The van der Waals surface area contributed by atoms with Crippen molar-refractivity contribution >= 4 is 17.6 Å². The van der Waals surface area contributed by atoms with Gasteiger partial charge in [0.15, 0.2) is 0 Å². The number of hydrogen-bond donors (Lipinski definition) is 0. The lowest BCUT2D eigenvalue weighted by atomic mass is 9.89. The summed E-state index contributed by atoms with van der Waals surface area (Å²) in [6, 6.07) is 10.2. The zero-order valence-corrected chi connectivity index (χ0v) is 19.6. The molecule has 5 rings (SSSR count). The van der Waals surface area contributed by atoms with Gasteiger partial charge in [-0.25, -0.2) is 9.97 Å². The molecule has 33 heavy (non-hydrogen) atoms. The molecule has 0 spiro atoms. The van der Waals surface area contributed by atoms with Gasteiger partial charge in [0.2, 0.25) is 11.8 Å². The molecule has 3 aliphatic rings. The quantitative estimate of drug-likeness (QED) is 0.667. The van der Waals surface area contributed by atoms with E-state index in [0.717, 1.165) is 48.8 Å². The van der Waals surface area contributed by atoms with Gasteiger partial charge in [-0.3, -0.25) is 14.5 Å². The number of fused-ring (bicyclic) bond motifs is 1. The van der Waals surface area contributed by atoms with Crippen molar-refractivity contribution in [3.05, 3.63) is 53.0 Å². The molecule has 1 saturated heterocycles. The molecular weight excluding hydrogens is 412 g/mol. The maximum atomic E-state index is 12.8. The average molecular weight is 447 g/mol. The predicted octanol–water partition coefficient (Wildman–Crippen LogP) is 4.20. The lowest BCUT2D eigenvalue weighted by Crippen LogP contribution is -2.33. The molecule has 2 aliphatic heterocycles. The highest BCUT2D eigenvalue weighted by Gasteiger charge is 2.35. The van der Waals surface area contributed by atoms with Crippen LogP contribution in [-0.4, -0.2) is 46.3 Å². The Kier molecular flexibility index (Phi) is 6.43. The van der Waals surface area contributed by atoms with Gasteiger partial charge in [-0.2, -0.15) is 0 Å². The van der Waals surface area contributed by atoms with Gasteiger partial charge in [0.1, 0.15) is 11.6 Å². The van der Waals surface area contributed by atoms with Crippen molar-refractivity contribution in [3.8, 4) is 0 Å². The molecule has 6 nitrogen and oxygen atoms in total. The highest BCUT2D eigenvalue weighted by atomic mass is 16.2. The summed E-state index contributed by atoms with van der Waals surface area (Å²) in [6.07, 6.45) is 8.87. The summed E-state index contributed by atoms with van der Waals surface area (Å²) in [6.45, 7) is 4.21. The molecular formula is C27H34N4O2. The fourth-order valence-electron chi connectivity index (χ4n) is 5.65. The first-order chi connectivity index (χ1) is 16.1. The van der Waals surface area contributed by atoms with E-state index in [2.05, 4.69) is 12.1 Å². The topological polar surface area (TPSA) is 66.4 Å². The van der Waals surface area contributed by atoms with E-state index in [9.17, 15) is 9.59 Å². The third-order valence-electron chi connectivity index (χ3n) is 7.64. The van der Waals surface area contributed by atoms with Crippen molar-refractivity contribution in [2.75, 3.05) is 24.5 Å². The van der Waals surface area contributed by atoms with Crippen LogP contribution in [0.25, 0.3) is 0 Å². The van der Waals surface area contributed by atoms with Gasteiger partial charge in [-0.15, -0.1) is 0 Å². The highest BCUT2D eigenvalue weighted by Crippen LogP contribution is 2.35. The van der Waals surface area contributed by atoms with E-state index >= 15 is 0 Å². The lowest BCUT2D eigenvalue weighted by molar-refractivity contribution is -0.130. The number of amides is 2. The van der Waals surface area contributed by atoms with E-state index < -0.39 is 0 Å². The summed E-state index contributed by atoms with van der Waals surface area (Å²) < 4.78 is 0. The van der Waals surface area contributed by atoms with Crippen LogP contribution in [0.2, 0.25) is 0 Å². The van der Waals surface area contributed by atoms with Gasteiger partial charge in [0, 0.05) is 43.2 Å². The number of anilines is 1. The Morgan fingerprint density at radius 3 is 2.64 bits per heavy atom. The molecule has 1 aliphatic carbocycles. The van der Waals surface area contributed by atoms with Crippen molar-refractivity contribution in [2.45, 2.75) is 70.6 Å². The summed E-state index contributed by atoms with van der Waals surface area (Å²) in [7, 11) is 0. The minimum Gasteiger partial charge on any atom is -0.342 e. The van der Waals surface area contributed by atoms with Crippen LogP contribution in [0.15, 0.2) is 30.3 Å². The second-order valence-electron chi connectivity index (χ2n) is 9.97. The Hall–Kier alpha value is -2.76. The molecule has 6 heteroatoms. The fraction of sp³-hybridized carbons (Fsp3) is 0.556. The fourth-order valence-corrected chi connectivity index (χ4v) is 5.65. The Morgan fingerprint density at radius 2 is 1.85 bits per heavy atom. The van der Waals surface area contributed by atoms with Crippen molar-refractivity contribution in [1.29, 1.82) is 0 Å². The lowest BCUT2D eigenvalue weighted by Gasteiger charge is -2.27. The Morgan fingerprint density at radius 1 is 1.06 bits per heavy atom. The van der Waals surface area contributed by atoms with Crippen LogP contribution in [0.5, 0.6) is 0 Å². The molecule has 1 unspecified atom stereocenters. The molecule has 0 N–H and O–H groups in total. The number of benzene rings is 1. The van der Waals surface area contributed by atoms with E-state index in [-0.39, 0.29) is 17.7 Å². The molecule has 2 fully saturated rings. The molecule has 0 bridgehead atoms. The maximum absolute atomic E-state index is 12.8. The van der Waals surface area contributed by atoms with E-state index in [1.54, 1.807) is 0 Å². The van der Waals surface area contributed by atoms with Crippen LogP contribution in [0.4, 0.5) is 5.82 Å². The number of rotatable bonds is 6. The Balaban J connectivity index is 1.26. The average Bonchev–Trinajstić information content (AvgIpc) is 3.45. The Bertz CT molecular complexity index is 1020. The summed E-state index contributed by atoms with van der Waals surface area (Å²) in [5, 5.41) is 0. The van der Waals surface area contributed by atoms with Gasteiger partial charge in [0.05, 0.1) is 6.42 Å². The van der Waals surface area contributed by atoms with Gasteiger partial charge in [-0.1, -0.05) is 49.6 Å². The highest BCUT2D eigenvalue weighted by molar-refractivity contribution is 6.00. The molecule has 3 heterocycles. The number of carbonyl (C=O) groups excluding carboxylic acids is 2. The van der Waals surface area contributed by atoms with Crippen molar-refractivity contribution in [3.63, 3.8) is 0 Å². The first-order valence-electron chi connectivity index (χ1n) is 12.6. The van der Waals surface area contributed by atoms with E-state index in [0.29, 0.717) is 25.3 Å². The summed E-state index contributed by atoms with van der Waals surface area (Å²) >= 11 is 0. The number of aryl methyl sites for hydroxylation is 2. The number of likely N-dealkylation sites (tertiary alicyclic amines) is 1. The normalized spacial score (nSPS) is 21.0. The van der Waals surface area contributed by atoms with E-state index in [4.69, 9.17) is 9.97 Å². The van der Waals surface area contributed by atoms with Crippen LogP contribution in [0, 0.1) is 12.8 Å². The largest absolute Gasteiger partial charge is 0.342 e.